The van der Waals surface area contributed by atoms with Gasteiger partial charge in [0.05, 0.1) is 6.10 Å². The van der Waals surface area contributed by atoms with E-state index >= 15 is 0 Å². The molecule has 0 saturated carbocycles. The van der Waals surface area contributed by atoms with Crippen LogP contribution in [0.2, 0.25) is 0 Å². The molecule has 0 aliphatic rings. The summed E-state index contributed by atoms with van der Waals surface area (Å²) in [6.45, 7) is 3.91. The van der Waals surface area contributed by atoms with Gasteiger partial charge in [0.2, 0.25) is 0 Å². The Balaban J connectivity index is 2.53. The van der Waals surface area contributed by atoms with Crippen LogP contribution in [0.15, 0.2) is 30.3 Å². The fraction of sp³-hybridized carbons (Fsp3) is 0.455. The zero-order valence-electron chi connectivity index (χ0n) is 8.36. The lowest BCUT2D eigenvalue weighted by atomic mass is 10.1. The molecule has 2 heteroatoms. The summed E-state index contributed by atoms with van der Waals surface area (Å²) < 4.78 is 10.6. The molecule has 0 spiro atoms. The first-order chi connectivity index (χ1) is 6.24. The van der Waals surface area contributed by atoms with Gasteiger partial charge in [-0.2, -0.15) is 0 Å². The lowest BCUT2D eigenvalue weighted by Crippen LogP contribution is -2.13. The molecular weight excluding hydrogens is 164 g/mol. The summed E-state index contributed by atoms with van der Waals surface area (Å²) >= 11 is 0. The zero-order valence-corrected chi connectivity index (χ0v) is 8.36. The topological polar surface area (TPSA) is 18.5 Å². The van der Waals surface area contributed by atoms with Crippen molar-refractivity contribution in [3.63, 3.8) is 0 Å². The molecule has 0 radical (unpaired) electrons. The number of rotatable bonds is 4. The molecule has 0 aliphatic heterocycles. The SMILES string of the molecule is COC(C)OC(C)c1ccccc1. The number of hydrogen-bond donors (Lipinski definition) is 0. The Morgan fingerprint density at radius 2 is 1.69 bits per heavy atom. The first-order valence-electron chi connectivity index (χ1n) is 4.47. The summed E-state index contributed by atoms with van der Waals surface area (Å²) in [4.78, 5) is 0. The lowest BCUT2D eigenvalue weighted by Gasteiger charge is -2.17. The molecule has 1 aromatic carbocycles. The predicted molar refractivity (Wildman–Crippen MR) is 52.4 cm³/mol. The molecular formula is C11H16O2. The summed E-state index contributed by atoms with van der Waals surface area (Å²) in [5.41, 5.74) is 1.17. The summed E-state index contributed by atoms with van der Waals surface area (Å²) in [7, 11) is 1.64. The molecule has 0 N–H and O–H groups in total. The quantitative estimate of drug-likeness (QED) is 0.663. The molecule has 2 nitrogen and oxygen atoms in total. The Labute approximate surface area is 79.5 Å². The van der Waals surface area contributed by atoms with E-state index in [-0.39, 0.29) is 12.4 Å². The first-order valence-corrected chi connectivity index (χ1v) is 4.47. The van der Waals surface area contributed by atoms with Crippen molar-refractivity contribution in [3.8, 4) is 0 Å². The van der Waals surface area contributed by atoms with Gasteiger partial charge >= 0.3 is 0 Å². The Morgan fingerprint density at radius 3 is 2.23 bits per heavy atom. The van der Waals surface area contributed by atoms with Crippen LogP contribution in [0.5, 0.6) is 0 Å². The number of hydrogen-bond acceptors (Lipinski definition) is 2. The van der Waals surface area contributed by atoms with E-state index in [1.165, 1.54) is 5.56 Å². The van der Waals surface area contributed by atoms with Gasteiger partial charge in [0, 0.05) is 7.11 Å². The van der Waals surface area contributed by atoms with Gasteiger partial charge in [0.15, 0.2) is 6.29 Å². The Bertz CT molecular complexity index is 233. The lowest BCUT2D eigenvalue weighted by molar-refractivity contribution is -0.140. The van der Waals surface area contributed by atoms with Gasteiger partial charge in [-0.15, -0.1) is 0 Å². The van der Waals surface area contributed by atoms with Gasteiger partial charge in [0.1, 0.15) is 0 Å². The standard InChI is InChI=1S/C11H16O2/c1-9(13-10(2)12-3)11-7-5-4-6-8-11/h4-10H,1-3H3. The van der Waals surface area contributed by atoms with Crippen molar-refractivity contribution in [1.29, 1.82) is 0 Å². The van der Waals surface area contributed by atoms with Gasteiger partial charge in [0.25, 0.3) is 0 Å². The van der Waals surface area contributed by atoms with E-state index in [1.54, 1.807) is 7.11 Å². The van der Waals surface area contributed by atoms with Gasteiger partial charge in [-0.05, 0) is 19.4 Å². The summed E-state index contributed by atoms with van der Waals surface area (Å²) in [5.74, 6) is 0. The Kier molecular flexibility index (Phi) is 3.93. The average molecular weight is 180 g/mol. The van der Waals surface area contributed by atoms with Crippen LogP contribution < -0.4 is 0 Å². The van der Waals surface area contributed by atoms with Crippen LogP contribution in [0.25, 0.3) is 0 Å². The van der Waals surface area contributed by atoms with Crippen LogP contribution in [0.1, 0.15) is 25.5 Å². The van der Waals surface area contributed by atoms with Crippen LogP contribution >= 0.6 is 0 Å². The molecule has 0 aromatic heterocycles. The molecule has 2 atom stereocenters. The normalized spacial score (nSPS) is 15.3. The molecule has 72 valence electrons. The number of methoxy groups -OCH3 is 1. The third-order valence-corrected chi connectivity index (χ3v) is 2.00. The van der Waals surface area contributed by atoms with Crippen molar-refractivity contribution < 1.29 is 9.47 Å². The minimum atomic E-state index is -0.157. The molecule has 13 heavy (non-hydrogen) atoms. The minimum Gasteiger partial charge on any atom is -0.356 e. The second-order valence-electron chi connectivity index (χ2n) is 2.99. The van der Waals surface area contributed by atoms with Gasteiger partial charge in [-0.1, -0.05) is 30.3 Å². The highest BCUT2D eigenvalue weighted by atomic mass is 16.7. The minimum absolute atomic E-state index is 0.0798. The van der Waals surface area contributed by atoms with Gasteiger partial charge < -0.3 is 9.47 Å². The summed E-state index contributed by atoms with van der Waals surface area (Å²) in [6.07, 6.45) is -0.0774. The fourth-order valence-corrected chi connectivity index (χ4v) is 1.15. The molecule has 1 aromatic rings. The highest BCUT2D eigenvalue weighted by Crippen LogP contribution is 2.17. The second-order valence-corrected chi connectivity index (χ2v) is 2.99. The van der Waals surface area contributed by atoms with Crippen LogP contribution in [0.4, 0.5) is 0 Å². The third-order valence-electron chi connectivity index (χ3n) is 2.00. The highest BCUT2D eigenvalue weighted by molar-refractivity contribution is 5.16. The van der Waals surface area contributed by atoms with E-state index in [0.717, 1.165) is 0 Å². The van der Waals surface area contributed by atoms with Crippen molar-refractivity contribution >= 4 is 0 Å². The maximum absolute atomic E-state index is 5.56. The zero-order chi connectivity index (χ0) is 9.68. The first kappa shape index (κ1) is 10.2. The van der Waals surface area contributed by atoms with E-state index < -0.39 is 0 Å². The van der Waals surface area contributed by atoms with Crippen LogP contribution in [-0.2, 0) is 9.47 Å². The van der Waals surface area contributed by atoms with E-state index in [0.29, 0.717) is 0 Å². The van der Waals surface area contributed by atoms with E-state index in [1.807, 2.05) is 44.2 Å². The summed E-state index contributed by atoms with van der Waals surface area (Å²) in [6, 6.07) is 10.1. The maximum Gasteiger partial charge on any atom is 0.155 e. The highest BCUT2D eigenvalue weighted by Gasteiger charge is 2.08. The predicted octanol–water partition coefficient (Wildman–Crippen LogP) is 2.76. The largest absolute Gasteiger partial charge is 0.356 e. The smallest absolute Gasteiger partial charge is 0.155 e. The van der Waals surface area contributed by atoms with Crippen molar-refractivity contribution in [2.24, 2.45) is 0 Å². The molecule has 2 unspecified atom stereocenters. The van der Waals surface area contributed by atoms with Crippen LogP contribution in [-0.4, -0.2) is 13.4 Å². The van der Waals surface area contributed by atoms with Gasteiger partial charge in [-0.3, -0.25) is 0 Å². The Morgan fingerprint density at radius 1 is 1.08 bits per heavy atom. The molecule has 0 amide bonds. The molecule has 0 heterocycles. The van der Waals surface area contributed by atoms with Crippen molar-refractivity contribution in [3.05, 3.63) is 35.9 Å². The van der Waals surface area contributed by atoms with E-state index in [4.69, 9.17) is 9.47 Å². The number of benzene rings is 1. The van der Waals surface area contributed by atoms with E-state index in [2.05, 4.69) is 0 Å². The molecule has 0 saturated heterocycles. The average Bonchev–Trinajstić information content (AvgIpc) is 2.19. The van der Waals surface area contributed by atoms with Crippen LogP contribution in [0.3, 0.4) is 0 Å². The summed E-state index contributed by atoms with van der Waals surface area (Å²) in [5, 5.41) is 0. The fourth-order valence-electron chi connectivity index (χ4n) is 1.15. The monoisotopic (exact) mass is 180 g/mol. The van der Waals surface area contributed by atoms with Crippen molar-refractivity contribution in [2.75, 3.05) is 7.11 Å². The van der Waals surface area contributed by atoms with Gasteiger partial charge in [-0.25, -0.2) is 0 Å². The maximum atomic E-state index is 5.56. The molecule has 0 fully saturated rings. The second kappa shape index (κ2) is 5.00. The molecule has 1 rings (SSSR count). The van der Waals surface area contributed by atoms with Crippen molar-refractivity contribution in [1.82, 2.24) is 0 Å². The third kappa shape index (κ3) is 3.17. The van der Waals surface area contributed by atoms with E-state index in [9.17, 15) is 0 Å². The van der Waals surface area contributed by atoms with Crippen molar-refractivity contribution in [2.45, 2.75) is 26.2 Å². The van der Waals surface area contributed by atoms with Crippen LogP contribution in [0, 0.1) is 0 Å². The molecule has 0 bridgehead atoms. The Hall–Kier alpha value is -0.860. The number of ether oxygens (including phenoxy) is 2. The molecule has 0 aliphatic carbocycles.